The summed E-state index contributed by atoms with van der Waals surface area (Å²) in [5.41, 5.74) is 1.16. The van der Waals surface area contributed by atoms with E-state index < -0.39 is 6.10 Å². The number of morpholine rings is 1. The standard InChI is InChI=1S/C20H21NO4/c1-15(20(23)21-10-12-24-13-11-21)25-18-9-5-8-17(14-18)19(22)16-6-3-2-4-7-16/h2-9,14-15H,10-13H2,1H3. The second-order valence-electron chi connectivity index (χ2n) is 5.92. The van der Waals surface area contributed by atoms with E-state index in [1.54, 1.807) is 48.2 Å². The van der Waals surface area contributed by atoms with E-state index in [1.165, 1.54) is 0 Å². The third-order valence-corrected chi connectivity index (χ3v) is 4.12. The van der Waals surface area contributed by atoms with Crippen molar-refractivity contribution in [2.45, 2.75) is 13.0 Å². The molecule has 2 aromatic rings. The van der Waals surface area contributed by atoms with Crippen LogP contribution in [0.3, 0.4) is 0 Å². The molecule has 1 aliphatic heterocycles. The number of nitrogens with zero attached hydrogens (tertiary/aromatic N) is 1. The van der Waals surface area contributed by atoms with E-state index in [9.17, 15) is 9.59 Å². The van der Waals surface area contributed by atoms with Gasteiger partial charge in [0.1, 0.15) is 5.75 Å². The molecule has 0 aliphatic carbocycles. The SMILES string of the molecule is CC(Oc1cccc(C(=O)c2ccccc2)c1)C(=O)N1CCOCC1. The van der Waals surface area contributed by atoms with Gasteiger partial charge < -0.3 is 14.4 Å². The maximum atomic E-state index is 12.5. The highest BCUT2D eigenvalue weighted by molar-refractivity contribution is 6.09. The smallest absolute Gasteiger partial charge is 0.263 e. The fourth-order valence-electron chi connectivity index (χ4n) is 2.76. The van der Waals surface area contributed by atoms with Gasteiger partial charge in [-0.25, -0.2) is 0 Å². The van der Waals surface area contributed by atoms with E-state index in [4.69, 9.17) is 9.47 Å². The number of carbonyl (C=O) groups is 2. The van der Waals surface area contributed by atoms with Crippen molar-refractivity contribution in [3.05, 3.63) is 65.7 Å². The highest BCUT2D eigenvalue weighted by Gasteiger charge is 2.24. The zero-order valence-electron chi connectivity index (χ0n) is 14.2. The number of hydrogen-bond donors (Lipinski definition) is 0. The Labute approximate surface area is 147 Å². The molecule has 1 heterocycles. The van der Waals surface area contributed by atoms with E-state index in [1.807, 2.05) is 18.2 Å². The zero-order valence-corrected chi connectivity index (χ0v) is 14.2. The Balaban J connectivity index is 1.69. The summed E-state index contributed by atoms with van der Waals surface area (Å²) in [6.07, 6.45) is -0.611. The molecule has 1 amide bonds. The minimum absolute atomic E-state index is 0.0666. The van der Waals surface area contributed by atoms with Crippen LogP contribution in [0.1, 0.15) is 22.8 Å². The van der Waals surface area contributed by atoms with Crippen LogP contribution >= 0.6 is 0 Å². The summed E-state index contributed by atoms with van der Waals surface area (Å²) in [4.78, 5) is 26.7. The predicted octanol–water partition coefficient (Wildman–Crippen LogP) is 2.54. The van der Waals surface area contributed by atoms with Crippen molar-refractivity contribution in [1.82, 2.24) is 4.90 Å². The molecule has 1 atom stereocenters. The maximum Gasteiger partial charge on any atom is 0.263 e. The molecule has 0 spiro atoms. The van der Waals surface area contributed by atoms with Crippen LogP contribution in [0.15, 0.2) is 54.6 Å². The summed E-state index contributed by atoms with van der Waals surface area (Å²) in [6, 6.07) is 16.0. The Morgan fingerprint density at radius 1 is 1.00 bits per heavy atom. The third-order valence-electron chi connectivity index (χ3n) is 4.12. The van der Waals surface area contributed by atoms with E-state index >= 15 is 0 Å². The quantitative estimate of drug-likeness (QED) is 0.786. The molecule has 0 N–H and O–H groups in total. The lowest BCUT2D eigenvalue weighted by Gasteiger charge is -2.29. The lowest BCUT2D eigenvalue weighted by atomic mass is 10.0. The van der Waals surface area contributed by atoms with Gasteiger partial charge in [-0.1, -0.05) is 42.5 Å². The van der Waals surface area contributed by atoms with Crippen LogP contribution in [0.4, 0.5) is 0 Å². The zero-order chi connectivity index (χ0) is 17.6. The number of ketones is 1. The van der Waals surface area contributed by atoms with Crippen LogP contribution in [-0.4, -0.2) is 49.0 Å². The molecular weight excluding hydrogens is 318 g/mol. The Hall–Kier alpha value is -2.66. The highest BCUT2D eigenvalue weighted by Crippen LogP contribution is 2.18. The average molecular weight is 339 g/mol. The molecule has 1 saturated heterocycles. The van der Waals surface area contributed by atoms with Gasteiger partial charge in [-0.05, 0) is 19.1 Å². The Morgan fingerprint density at radius 3 is 2.40 bits per heavy atom. The molecule has 0 radical (unpaired) electrons. The number of rotatable bonds is 5. The molecular formula is C20H21NO4. The molecule has 0 aromatic heterocycles. The largest absolute Gasteiger partial charge is 0.481 e. The molecule has 25 heavy (non-hydrogen) atoms. The van der Waals surface area contributed by atoms with Crippen LogP contribution in [0.25, 0.3) is 0 Å². The second-order valence-corrected chi connectivity index (χ2v) is 5.92. The van der Waals surface area contributed by atoms with E-state index in [-0.39, 0.29) is 11.7 Å². The number of benzene rings is 2. The topological polar surface area (TPSA) is 55.8 Å². The highest BCUT2D eigenvalue weighted by atomic mass is 16.5. The molecule has 1 aliphatic rings. The fraction of sp³-hybridized carbons (Fsp3) is 0.300. The molecule has 130 valence electrons. The van der Waals surface area contributed by atoms with Crippen LogP contribution in [-0.2, 0) is 9.53 Å². The summed E-state index contributed by atoms with van der Waals surface area (Å²) in [5.74, 6) is 0.372. The molecule has 1 unspecified atom stereocenters. The van der Waals surface area contributed by atoms with E-state index in [0.29, 0.717) is 43.2 Å². The number of amides is 1. The first-order chi connectivity index (χ1) is 12.1. The number of ether oxygens (including phenoxy) is 2. The van der Waals surface area contributed by atoms with Crippen LogP contribution < -0.4 is 4.74 Å². The number of hydrogen-bond acceptors (Lipinski definition) is 4. The molecule has 1 fully saturated rings. The van der Waals surface area contributed by atoms with Crippen molar-refractivity contribution in [3.63, 3.8) is 0 Å². The van der Waals surface area contributed by atoms with Gasteiger partial charge in [0.25, 0.3) is 5.91 Å². The first kappa shape index (κ1) is 17.2. The summed E-state index contributed by atoms with van der Waals surface area (Å²) in [6.45, 7) is 4.00. The molecule has 5 heteroatoms. The lowest BCUT2D eigenvalue weighted by Crippen LogP contribution is -2.46. The first-order valence-electron chi connectivity index (χ1n) is 8.38. The Bertz CT molecular complexity index is 738. The van der Waals surface area contributed by atoms with Crippen molar-refractivity contribution < 1.29 is 19.1 Å². The second kappa shape index (κ2) is 7.94. The molecule has 2 aromatic carbocycles. The minimum Gasteiger partial charge on any atom is -0.481 e. The van der Waals surface area contributed by atoms with E-state index in [2.05, 4.69) is 0 Å². The Kier molecular flexibility index (Phi) is 5.46. The fourth-order valence-corrected chi connectivity index (χ4v) is 2.76. The van der Waals surface area contributed by atoms with Crippen LogP contribution in [0.2, 0.25) is 0 Å². The van der Waals surface area contributed by atoms with Crippen molar-refractivity contribution in [2.24, 2.45) is 0 Å². The summed E-state index contributed by atoms with van der Waals surface area (Å²) in [7, 11) is 0. The normalized spacial score (nSPS) is 15.5. The molecule has 0 saturated carbocycles. The maximum absolute atomic E-state index is 12.5. The third kappa shape index (κ3) is 4.25. The van der Waals surface area contributed by atoms with Crippen molar-refractivity contribution >= 4 is 11.7 Å². The lowest BCUT2D eigenvalue weighted by molar-refractivity contribution is -0.142. The van der Waals surface area contributed by atoms with Gasteiger partial charge in [-0.2, -0.15) is 0 Å². The average Bonchev–Trinajstić information content (AvgIpc) is 2.68. The predicted molar refractivity (Wildman–Crippen MR) is 93.8 cm³/mol. The van der Waals surface area contributed by atoms with E-state index in [0.717, 1.165) is 0 Å². The molecule has 3 rings (SSSR count). The van der Waals surface area contributed by atoms with Gasteiger partial charge in [-0.15, -0.1) is 0 Å². The Morgan fingerprint density at radius 2 is 1.68 bits per heavy atom. The van der Waals surface area contributed by atoms with Crippen molar-refractivity contribution in [1.29, 1.82) is 0 Å². The summed E-state index contributed by atoms with van der Waals surface area (Å²) >= 11 is 0. The van der Waals surface area contributed by atoms with Gasteiger partial charge >= 0.3 is 0 Å². The number of carbonyl (C=O) groups excluding carboxylic acids is 2. The van der Waals surface area contributed by atoms with Gasteiger partial charge in [0, 0.05) is 24.2 Å². The summed E-state index contributed by atoms with van der Waals surface area (Å²) < 4.78 is 11.0. The summed E-state index contributed by atoms with van der Waals surface area (Å²) in [5, 5.41) is 0. The van der Waals surface area contributed by atoms with Crippen LogP contribution in [0.5, 0.6) is 5.75 Å². The van der Waals surface area contributed by atoms with Crippen LogP contribution in [0, 0.1) is 0 Å². The van der Waals surface area contributed by atoms with Gasteiger partial charge in [0.2, 0.25) is 0 Å². The minimum atomic E-state index is -0.611. The van der Waals surface area contributed by atoms with Gasteiger partial charge in [0.05, 0.1) is 13.2 Å². The molecule has 0 bridgehead atoms. The first-order valence-corrected chi connectivity index (χ1v) is 8.38. The van der Waals surface area contributed by atoms with Gasteiger partial charge in [0.15, 0.2) is 11.9 Å². The van der Waals surface area contributed by atoms with Crippen molar-refractivity contribution in [2.75, 3.05) is 26.3 Å². The molecule has 5 nitrogen and oxygen atoms in total. The van der Waals surface area contributed by atoms with Gasteiger partial charge in [-0.3, -0.25) is 9.59 Å². The monoisotopic (exact) mass is 339 g/mol. The van der Waals surface area contributed by atoms with Crippen molar-refractivity contribution in [3.8, 4) is 5.75 Å².